The molecule has 0 saturated carbocycles. The van der Waals surface area contributed by atoms with Crippen molar-refractivity contribution in [1.29, 1.82) is 0 Å². The normalized spacial score (nSPS) is 10.3. The summed E-state index contributed by atoms with van der Waals surface area (Å²) >= 11 is 0. The SMILES string of the molecule is CC(C)CCCCCCC(=O)[O-].CC(C)CCCCCCC(=O)[O-].CC(C)CCCCCCC(=O)[O-].[Rh+3]. The van der Waals surface area contributed by atoms with Gasteiger partial charge in [-0.2, -0.15) is 0 Å². The van der Waals surface area contributed by atoms with Gasteiger partial charge in [0.1, 0.15) is 0 Å². The summed E-state index contributed by atoms with van der Waals surface area (Å²) in [5, 5.41) is 30.1. The summed E-state index contributed by atoms with van der Waals surface area (Å²) in [5.41, 5.74) is 0. The van der Waals surface area contributed by atoms with Crippen LogP contribution in [-0.4, -0.2) is 17.9 Å². The zero-order chi connectivity index (χ0) is 28.2. The van der Waals surface area contributed by atoms with E-state index in [-0.39, 0.29) is 38.7 Å². The number of hydrogen-bond acceptors (Lipinski definition) is 6. The van der Waals surface area contributed by atoms with Crippen LogP contribution >= 0.6 is 0 Å². The maximum Gasteiger partial charge on any atom is 3.00 e. The molecule has 0 amide bonds. The fraction of sp³-hybridized carbons (Fsp3) is 0.900. The van der Waals surface area contributed by atoms with Crippen molar-refractivity contribution in [2.24, 2.45) is 17.8 Å². The van der Waals surface area contributed by atoms with E-state index in [1.165, 1.54) is 38.5 Å². The maximum absolute atomic E-state index is 10.0. The van der Waals surface area contributed by atoms with Crippen molar-refractivity contribution in [3.05, 3.63) is 0 Å². The first kappa shape index (κ1) is 43.1. The number of unbranched alkanes of at least 4 members (excludes halogenated alkanes) is 9. The molecule has 0 fully saturated rings. The standard InChI is InChI=1S/3C10H20O2.Rh/c3*1-9(2)7-5-3-4-6-8-10(11)12;/h3*9H,3-8H2,1-2H3,(H,11,12);/q;;;+3/p-3. The molecule has 7 heteroatoms. The van der Waals surface area contributed by atoms with E-state index in [2.05, 4.69) is 41.5 Å². The van der Waals surface area contributed by atoms with Crippen LogP contribution in [-0.2, 0) is 33.9 Å². The topological polar surface area (TPSA) is 120 Å². The summed E-state index contributed by atoms with van der Waals surface area (Å²) in [6, 6.07) is 0. The van der Waals surface area contributed by atoms with Crippen molar-refractivity contribution in [3.63, 3.8) is 0 Å². The van der Waals surface area contributed by atoms with Gasteiger partial charge in [0.25, 0.3) is 0 Å². The molecule has 0 aliphatic rings. The van der Waals surface area contributed by atoms with Gasteiger partial charge in [0.2, 0.25) is 0 Å². The van der Waals surface area contributed by atoms with E-state index in [0.717, 1.165) is 75.5 Å². The quantitative estimate of drug-likeness (QED) is 0.129. The first-order valence-corrected chi connectivity index (χ1v) is 14.5. The zero-order valence-electron chi connectivity index (χ0n) is 24.7. The summed E-state index contributed by atoms with van der Waals surface area (Å²) in [6.07, 6.45) is 17.0. The molecule has 0 aromatic heterocycles. The summed E-state index contributed by atoms with van der Waals surface area (Å²) in [4.78, 5) is 30.1. The zero-order valence-corrected chi connectivity index (χ0v) is 26.4. The minimum Gasteiger partial charge on any atom is -0.550 e. The molecule has 222 valence electrons. The van der Waals surface area contributed by atoms with Crippen LogP contribution in [0.1, 0.15) is 157 Å². The molecule has 0 N–H and O–H groups in total. The van der Waals surface area contributed by atoms with E-state index < -0.39 is 17.9 Å². The molecule has 0 heterocycles. The summed E-state index contributed by atoms with van der Waals surface area (Å²) in [6.45, 7) is 13.3. The summed E-state index contributed by atoms with van der Waals surface area (Å²) < 4.78 is 0. The Bertz CT molecular complexity index is 435. The van der Waals surface area contributed by atoms with Gasteiger partial charge in [-0.3, -0.25) is 0 Å². The first-order chi connectivity index (χ1) is 16.9. The number of aliphatic carboxylic acids is 3. The number of carbonyl (C=O) groups is 3. The van der Waals surface area contributed by atoms with Crippen LogP contribution in [0.4, 0.5) is 0 Å². The van der Waals surface area contributed by atoms with Crippen molar-refractivity contribution < 1.29 is 49.2 Å². The van der Waals surface area contributed by atoms with Crippen molar-refractivity contribution in [2.45, 2.75) is 157 Å². The van der Waals surface area contributed by atoms with E-state index in [0.29, 0.717) is 0 Å². The van der Waals surface area contributed by atoms with Crippen molar-refractivity contribution >= 4 is 17.9 Å². The van der Waals surface area contributed by atoms with Gasteiger partial charge < -0.3 is 29.7 Å². The third kappa shape index (κ3) is 56.4. The van der Waals surface area contributed by atoms with Crippen LogP contribution in [0.5, 0.6) is 0 Å². The molecule has 0 rings (SSSR count). The van der Waals surface area contributed by atoms with Gasteiger partial charge in [0.15, 0.2) is 0 Å². The third-order valence-electron chi connectivity index (χ3n) is 5.74. The molecular weight excluding hydrogens is 559 g/mol. The maximum atomic E-state index is 10.0. The molecule has 0 saturated heterocycles. The number of hydrogen-bond donors (Lipinski definition) is 0. The second-order valence-corrected chi connectivity index (χ2v) is 11.2. The predicted octanol–water partition coefficient (Wildman–Crippen LogP) is 5.20. The van der Waals surface area contributed by atoms with E-state index in [1.807, 2.05) is 0 Å². The Kier molecular flexibility index (Phi) is 38.5. The third-order valence-corrected chi connectivity index (χ3v) is 5.74. The minimum atomic E-state index is -0.918. The van der Waals surface area contributed by atoms with Crippen LogP contribution < -0.4 is 15.3 Å². The van der Waals surface area contributed by atoms with E-state index in [4.69, 9.17) is 0 Å². The predicted molar refractivity (Wildman–Crippen MR) is 143 cm³/mol. The van der Waals surface area contributed by atoms with Crippen LogP contribution in [0.3, 0.4) is 0 Å². The second kappa shape index (κ2) is 33.1. The molecule has 0 aromatic rings. The Morgan fingerprint density at radius 2 is 0.595 bits per heavy atom. The Morgan fingerprint density at radius 1 is 0.405 bits per heavy atom. The van der Waals surface area contributed by atoms with Gasteiger partial charge in [-0.15, -0.1) is 0 Å². The van der Waals surface area contributed by atoms with Crippen LogP contribution in [0.15, 0.2) is 0 Å². The Labute approximate surface area is 241 Å². The Morgan fingerprint density at radius 3 is 0.757 bits per heavy atom. The molecule has 0 spiro atoms. The second-order valence-electron chi connectivity index (χ2n) is 11.2. The molecular formula is C30H57O6Rh. The number of carbonyl (C=O) groups excluding carboxylic acids is 3. The molecule has 0 radical (unpaired) electrons. The van der Waals surface area contributed by atoms with Crippen molar-refractivity contribution in [2.75, 3.05) is 0 Å². The van der Waals surface area contributed by atoms with Gasteiger partial charge in [-0.25, -0.2) is 0 Å². The largest absolute Gasteiger partial charge is 3.00 e. The Hall–Kier alpha value is -0.967. The molecule has 0 bridgehead atoms. The molecule has 0 atom stereocenters. The van der Waals surface area contributed by atoms with E-state index >= 15 is 0 Å². The fourth-order valence-electron chi connectivity index (χ4n) is 3.53. The average molecular weight is 617 g/mol. The van der Waals surface area contributed by atoms with Gasteiger partial charge in [0, 0.05) is 17.9 Å². The molecule has 0 aliphatic carbocycles. The van der Waals surface area contributed by atoms with Crippen LogP contribution in [0.25, 0.3) is 0 Å². The number of rotatable bonds is 21. The summed E-state index contributed by atoms with van der Waals surface area (Å²) in [7, 11) is 0. The molecule has 0 unspecified atom stereocenters. The van der Waals surface area contributed by atoms with Gasteiger partial charge in [-0.1, -0.05) is 119 Å². The van der Waals surface area contributed by atoms with Crippen LogP contribution in [0.2, 0.25) is 0 Å². The van der Waals surface area contributed by atoms with Gasteiger partial charge >= 0.3 is 19.5 Å². The first-order valence-electron chi connectivity index (χ1n) is 14.5. The van der Waals surface area contributed by atoms with E-state index in [1.54, 1.807) is 0 Å². The number of carboxylic acid groups (broad SMARTS) is 3. The molecule has 0 aliphatic heterocycles. The average Bonchev–Trinajstić information content (AvgIpc) is 2.75. The minimum absolute atomic E-state index is 0. The molecule has 6 nitrogen and oxygen atoms in total. The van der Waals surface area contributed by atoms with Crippen molar-refractivity contribution in [1.82, 2.24) is 0 Å². The van der Waals surface area contributed by atoms with Crippen molar-refractivity contribution in [3.8, 4) is 0 Å². The smallest absolute Gasteiger partial charge is 0.550 e. The molecule has 37 heavy (non-hydrogen) atoms. The summed E-state index contributed by atoms with van der Waals surface area (Å²) in [5.74, 6) is -0.444. The monoisotopic (exact) mass is 616 g/mol. The number of carboxylic acids is 3. The van der Waals surface area contributed by atoms with Gasteiger partial charge in [-0.05, 0) is 56.3 Å². The van der Waals surface area contributed by atoms with Crippen LogP contribution in [0, 0.1) is 17.8 Å². The fourth-order valence-corrected chi connectivity index (χ4v) is 3.53. The molecule has 0 aromatic carbocycles. The van der Waals surface area contributed by atoms with Gasteiger partial charge in [0.05, 0.1) is 0 Å². The van der Waals surface area contributed by atoms with E-state index in [9.17, 15) is 29.7 Å². The Balaban J connectivity index is -0.000000218.